The zero-order chi connectivity index (χ0) is 12.6. The first kappa shape index (κ1) is 16.8. The summed E-state index contributed by atoms with van der Waals surface area (Å²) in [5.74, 6) is 0. The van der Waals surface area contributed by atoms with E-state index in [0.29, 0.717) is 39.6 Å². The largest absolute Gasteiger partial charge is 0.379 e. The Morgan fingerprint density at radius 3 is 1.76 bits per heavy atom. The van der Waals surface area contributed by atoms with E-state index >= 15 is 0 Å². The van der Waals surface area contributed by atoms with Gasteiger partial charge >= 0.3 is 0 Å². The Bertz CT molecular complexity index is 120. The maximum Gasteiger partial charge on any atom is 0.0701 e. The summed E-state index contributed by atoms with van der Waals surface area (Å²) >= 11 is 0. The van der Waals surface area contributed by atoms with Gasteiger partial charge in [-0.3, -0.25) is 0 Å². The molecular formula is C13H29NO3. The molecule has 4 heteroatoms. The minimum absolute atomic E-state index is 0.571. The normalized spacial score (nSPS) is 10.9. The van der Waals surface area contributed by atoms with E-state index in [0.717, 1.165) is 6.61 Å². The lowest BCUT2D eigenvalue weighted by molar-refractivity contribution is 0.0153. The van der Waals surface area contributed by atoms with E-state index < -0.39 is 0 Å². The Labute approximate surface area is 106 Å². The molecule has 0 bridgehead atoms. The number of rotatable bonds is 14. The Morgan fingerprint density at radius 1 is 0.647 bits per heavy atom. The van der Waals surface area contributed by atoms with Crippen LogP contribution in [0.3, 0.4) is 0 Å². The monoisotopic (exact) mass is 247 g/mol. The first-order valence-corrected chi connectivity index (χ1v) is 6.85. The molecule has 2 N–H and O–H groups in total. The van der Waals surface area contributed by atoms with E-state index in [-0.39, 0.29) is 0 Å². The molecule has 0 aliphatic carbocycles. The first-order chi connectivity index (χ1) is 8.41. The Morgan fingerprint density at radius 2 is 1.18 bits per heavy atom. The number of ether oxygens (including phenoxy) is 3. The van der Waals surface area contributed by atoms with Gasteiger partial charge in [-0.15, -0.1) is 0 Å². The molecule has 0 saturated heterocycles. The van der Waals surface area contributed by atoms with Gasteiger partial charge in [0.05, 0.1) is 33.0 Å². The molecule has 0 aromatic carbocycles. The van der Waals surface area contributed by atoms with E-state index in [2.05, 4.69) is 6.92 Å². The molecule has 0 radical (unpaired) electrons. The molecule has 0 saturated carbocycles. The average molecular weight is 247 g/mol. The summed E-state index contributed by atoms with van der Waals surface area (Å²) in [6, 6.07) is 0. The second kappa shape index (κ2) is 15.8. The minimum atomic E-state index is 0.571. The maximum atomic E-state index is 5.46. The van der Waals surface area contributed by atoms with Crippen molar-refractivity contribution in [2.45, 2.75) is 39.0 Å². The molecule has 0 heterocycles. The smallest absolute Gasteiger partial charge is 0.0701 e. The quantitative estimate of drug-likeness (QED) is 0.477. The molecule has 0 amide bonds. The lowest BCUT2D eigenvalue weighted by Crippen LogP contribution is -2.13. The SMILES string of the molecule is CCCCCCCOCCOCCOCCN. The molecule has 0 aliphatic rings. The van der Waals surface area contributed by atoms with Gasteiger partial charge in [-0.25, -0.2) is 0 Å². The van der Waals surface area contributed by atoms with Crippen LogP contribution in [0.1, 0.15) is 39.0 Å². The summed E-state index contributed by atoms with van der Waals surface area (Å²) in [5, 5.41) is 0. The maximum absolute atomic E-state index is 5.46. The van der Waals surface area contributed by atoms with Crippen LogP contribution in [0.5, 0.6) is 0 Å². The van der Waals surface area contributed by atoms with Gasteiger partial charge in [0.15, 0.2) is 0 Å². The van der Waals surface area contributed by atoms with Gasteiger partial charge < -0.3 is 19.9 Å². The molecule has 0 fully saturated rings. The number of nitrogens with two attached hydrogens (primary N) is 1. The molecule has 0 aromatic rings. The predicted octanol–water partition coefficient (Wildman–Crippen LogP) is 1.97. The second-order valence-corrected chi connectivity index (χ2v) is 4.04. The van der Waals surface area contributed by atoms with Crippen molar-refractivity contribution < 1.29 is 14.2 Å². The van der Waals surface area contributed by atoms with Gasteiger partial charge in [0.1, 0.15) is 0 Å². The van der Waals surface area contributed by atoms with Crippen LogP contribution in [0.25, 0.3) is 0 Å². The zero-order valence-electron chi connectivity index (χ0n) is 11.3. The lowest BCUT2D eigenvalue weighted by atomic mass is 10.2. The fraction of sp³-hybridized carbons (Fsp3) is 1.00. The molecule has 4 nitrogen and oxygen atoms in total. The second-order valence-electron chi connectivity index (χ2n) is 4.04. The number of hydrogen-bond donors (Lipinski definition) is 1. The molecule has 0 aliphatic heterocycles. The highest BCUT2D eigenvalue weighted by atomic mass is 16.5. The molecule has 0 atom stereocenters. The van der Waals surface area contributed by atoms with Crippen molar-refractivity contribution in [3.8, 4) is 0 Å². The van der Waals surface area contributed by atoms with Crippen LogP contribution in [-0.2, 0) is 14.2 Å². The third kappa shape index (κ3) is 15.8. The van der Waals surface area contributed by atoms with Crippen LogP contribution in [0, 0.1) is 0 Å². The van der Waals surface area contributed by atoms with Gasteiger partial charge in [-0.1, -0.05) is 32.6 Å². The molecule has 104 valence electrons. The molecule has 17 heavy (non-hydrogen) atoms. The van der Waals surface area contributed by atoms with Crippen LogP contribution in [0.4, 0.5) is 0 Å². The fourth-order valence-electron chi connectivity index (χ4n) is 1.43. The van der Waals surface area contributed by atoms with Crippen LogP contribution in [0.2, 0.25) is 0 Å². The van der Waals surface area contributed by atoms with Gasteiger partial charge in [-0.2, -0.15) is 0 Å². The highest BCUT2D eigenvalue weighted by Crippen LogP contribution is 2.02. The molecule has 0 unspecified atom stereocenters. The predicted molar refractivity (Wildman–Crippen MR) is 70.3 cm³/mol. The fourth-order valence-corrected chi connectivity index (χ4v) is 1.43. The standard InChI is InChI=1S/C13H29NO3/c1-2-3-4-5-6-8-15-10-12-17-13-11-16-9-7-14/h2-14H2,1H3. The van der Waals surface area contributed by atoms with Gasteiger partial charge in [-0.05, 0) is 6.42 Å². The molecular weight excluding hydrogens is 218 g/mol. The highest BCUT2D eigenvalue weighted by molar-refractivity contribution is 4.42. The Hall–Kier alpha value is -0.160. The van der Waals surface area contributed by atoms with E-state index in [9.17, 15) is 0 Å². The van der Waals surface area contributed by atoms with Crippen molar-refractivity contribution in [1.29, 1.82) is 0 Å². The van der Waals surface area contributed by atoms with Crippen LogP contribution >= 0.6 is 0 Å². The number of hydrogen-bond acceptors (Lipinski definition) is 4. The topological polar surface area (TPSA) is 53.7 Å². The summed E-state index contributed by atoms with van der Waals surface area (Å²) in [6.07, 6.45) is 6.41. The van der Waals surface area contributed by atoms with E-state index in [4.69, 9.17) is 19.9 Å². The minimum Gasteiger partial charge on any atom is -0.379 e. The first-order valence-electron chi connectivity index (χ1n) is 6.85. The summed E-state index contributed by atoms with van der Waals surface area (Å²) in [5.41, 5.74) is 5.28. The van der Waals surface area contributed by atoms with Gasteiger partial charge in [0, 0.05) is 13.2 Å². The lowest BCUT2D eigenvalue weighted by Gasteiger charge is -2.06. The molecule has 0 rings (SSSR count). The summed E-state index contributed by atoms with van der Waals surface area (Å²) < 4.78 is 16.0. The van der Waals surface area contributed by atoms with Crippen LogP contribution < -0.4 is 5.73 Å². The summed E-state index contributed by atoms with van der Waals surface area (Å²) in [4.78, 5) is 0. The van der Waals surface area contributed by atoms with Crippen molar-refractivity contribution in [1.82, 2.24) is 0 Å². The number of unbranched alkanes of at least 4 members (excludes halogenated alkanes) is 4. The summed E-state index contributed by atoms with van der Waals surface area (Å²) in [7, 11) is 0. The average Bonchev–Trinajstić information content (AvgIpc) is 2.35. The van der Waals surface area contributed by atoms with E-state index in [1.165, 1.54) is 32.1 Å². The van der Waals surface area contributed by atoms with Crippen LogP contribution in [0.15, 0.2) is 0 Å². The zero-order valence-corrected chi connectivity index (χ0v) is 11.3. The van der Waals surface area contributed by atoms with E-state index in [1.54, 1.807) is 0 Å². The van der Waals surface area contributed by atoms with Crippen LogP contribution in [-0.4, -0.2) is 46.2 Å². The van der Waals surface area contributed by atoms with Crippen molar-refractivity contribution >= 4 is 0 Å². The molecule has 0 spiro atoms. The Kier molecular flexibility index (Phi) is 15.7. The van der Waals surface area contributed by atoms with Crippen molar-refractivity contribution in [2.75, 3.05) is 46.2 Å². The molecule has 0 aromatic heterocycles. The third-order valence-corrected chi connectivity index (χ3v) is 2.40. The highest BCUT2D eigenvalue weighted by Gasteiger charge is 1.92. The van der Waals surface area contributed by atoms with Crippen molar-refractivity contribution in [3.05, 3.63) is 0 Å². The third-order valence-electron chi connectivity index (χ3n) is 2.40. The van der Waals surface area contributed by atoms with E-state index in [1.807, 2.05) is 0 Å². The van der Waals surface area contributed by atoms with Crippen molar-refractivity contribution in [2.24, 2.45) is 5.73 Å². The van der Waals surface area contributed by atoms with Gasteiger partial charge in [0.25, 0.3) is 0 Å². The van der Waals surface area contributed by atoms with Crippen molar-refractivity contribution in [3.63, 3.8) is 0 Å². The Balaban J connectivity index is 2.85. The summed E-state index contributed by atoms with van der Waals surface area (Å²) in [6.45, 7) is 6.85. The van der Waals surface area contributed by atoms with Gasteiger partial charge in [0.2, 0.25) is 0 Å².